The van der Waals surface area contributed by atoms with E-state index in [4.69, 9.17) is 14.2 Å². The maximum Gasteiger partial charge on any atom is 0.306 e. The van der Waals surface area contributed by atoms with Crippen LogP contribution in [0.1, 0.15) is 355 Å². The first-order chi connectivity index (χ1) is 38.0. The molecule has 0 bridgehead atoms. The van der Waals surface area contributed by atoms with Gasteiger partial charge in [-0.1, -0.05) is 313 Å². The van der Waals surface area contributed by atoms with Gasteiger partial charge in [-0.05, 0) is 83.5 Å². The molecular formula is C71H128O6. The molecule has 1 unspecified atom stereocenters. The van der Waals surface area contributed by atoms with Crippen molar-refractivity contribution >= 4 is 17.9 Å². The summed E-state index contributed by atoms with van der Waals surface area (Å²) in [6, 6.07) is 0. The van der Waals surface area contributed by atoms with Gasteiger partial charge in [0.05, 0.1) is 0 Å². The van der Waals surface area contributed by atoms with Gasteiger partial charge in [0.2, 0.25) is 0 Å². The van der Waals surface area contributed by atoms with Gasteiger partial charge in [-0.2, -0.15) is 0 Å². The third-order valence-electron chi connectivity index (χ3n) is 15.0. The number of hydrogen-bond acceptors (Lipinski definition) is 6. The molecule has 0 N–H and O–H groups in total. The van der Waals surface area contributed by atoms with Crippen LogP contribution in [-0.4, -0.2) is 37.2 Å². The van der Waals surface area contributed by atoms with Gasteiger partial charge in [0, 0.05) is 19.3 Å². The zero-order chi connectivity index (χ0) is 55.7. The monoisotopic (exact) mass is 1080 g/mol. The zero-order valence-corrected chi connectivity index (χ0v) is 51.5. The number of unbranched alkanes of at least 4 members (excludes halogenated alkanes) is 41. The molecule has 0 heterocycles. The fraction of sp³-hybridized carbons (Fsp3) is 0.817. The maximum atomic E-state index is 12.9. The van der Waals surface area contributed by atoms with Crippen molar-refractivity contribution in [2.75, 3.05) is 13.2 Å². The topological polar surface area (TPSA) is 78.9 Å². The molecule has 0 aliphatic carbocycles. The van der Waals surface area contributed by atoms with Crippen LogP contribution in [0.5, 0.6) is 0 Å². The van der Waals surface area contributed by atoms with Crippen LogP contribution >= 0.6 is 0 Å². The highest BCUT2D eigenvalue weighted by atomic mass is 16.6. The highest BCUT2D eigenvalue weighted by molar-refractivity contribution is 5.71. The molecule has 6 heteroatoms. The lowest BCUT2D eigenvalue weighted by molar-refractivity contribution is -0.167. The Labute approximate surface area is 479 Å². The molecule has 6 nitrogen and oxygen atoms in total. The van der Waals surface area contributed by atoms with Crippen molar-refractivity contribution in [3.63, 3.8) is 0 Å². The second-order valence-electron chi connectivity index (χ2n) is 22.7. The minimum absolute atomic E-state index is 0.0713. The van der Waals surface area contributed by atoms with E-state index in [-0.39, 0.29) is 31.1 Å². The maximum absolute atomic E-state index is 12.9. The predicted molar refractivity (Wildman–Crippen MR) is 335 cm³/mol. The summed E-state index contributed by atoms with van der Waals surface area (Å²) in [5.41, 5.74) is 0. The van der Waals surface area contributed by atoms with Crippen LogP contribution in [0.3, 0.4) is 0 Å². The number of ether oxygens (including phenoxy) is 3. The van der Waals surface area contributed by atoms with E-state index in [9.17, 15) is 14.4 Å². The summed E-state index contributed by atoms with van der Waals surface area (Å²) in [6.07, 6.45) is 84.0. The number of rotatable bonds is 62. The van der Waals surface area contributed by atoms with Crippen molar-refractivity contribution < 1.29 is 28.6 Å². The number of hydrogen-bond donors (Lipinski definition) is 0. The van der Waals surface area contributed by atoms with Gasteiger partial charge >= 0.3 is 17.9 Å². The number of allylic oxidation sites excluding steroid dienone is 10. The molecule has 0 aliphatic rings. The Hall–Kier alpha value is -2.89. The Morgan fingerprint density at radius 2 is 0.506 bits per heavy atom. The van der Waals surface area contributed by atoms with Crippen molar-refractivity contribution in [2.45, 2.75) is 361 Å². The molecule has 0 fully saturated rings. The zero-order valence-electron chi connectivity index (χ0n) is 51.5. The lowest BCUT2D eigenvalue weighted by Gasteiger charge is -2.18. The molecule has 0 aromatic carbocycles. The van der Waals surface area contributed by atoms with Crippen molar-refractivity contribution in [1.82, 2.24) is 0 Å². The average molecular weight is 1080 g/mol. The molecule has 0 aromatic heterocycles. The van der Waals surface area contributed by atoms with Gasteiger partial charge in [-0.3, -0.25) is 14.4 Å². The van der Waals surface area contributed by atoms with E-state index in [0.717, 1.165) is 89.9 Å². The molecule has 448 valence electrons. The van der Waals surface area contributed by atoms with E-state index < -0.39 is 6.10 Å². The molecule has 0 spiro atoms. The molecule has 0 rings (SSSR count). The summed E-state index contributed by atoms with van der Waals surface area (Å²) in [7, 11) is 0. The SMILES string of the molecule is CC/C=C\C/C=C\C/C=C\C/C=C\CCCCCCCCCCCCCCCCCCCCCCC(=O)OCC(COC(=O)CCCCCCCCCCCCC)OC(=O)CCCCCCC/C=C\CCCCCCCC. The van der Waals surface area contributed by atoms with Gasteiger partial charge in [-0.25, -0.2) is 0 Å². The fourth-order valence-corrected chi connectivity index (χ4v) is 9.96. The van der Waals surface area contributed by atoms with E-state index in [1.54, 1.807) is 0 Å². The molecule has 0 amide bonds. The highest BCUT2D eigenvalue weighted by Crippen LogP contribution is 2.18. The van der Waals surface area contributed by atoms with Crippen LogP contribution in [0.4, 0.5) is 0 Å². The van der Waals surface area contributed by atoms with Gasteiger partial charge in [0.1, 0.15) is 13.2 Å². The second-order valence-corrected chi connectivity index (χ2v) is 22.7. The third-order valence-corrected chi connectivity index (χ3v) is 15.0. The molecule has 0 aromatic rings. The molecule has 1 atom stereocenters. The Balaban J connectivity index is 4.07. The van der Waals surface area contributed by atoms with Crippen LogP contribution in [0.25, 0.3) is 0 Å². The summed E-state index contributed by atoms with van der Waals surface area (Å²) in [5.74, 6) is -0.859. The highest BCUT2D eigenvalue weighted by Gasteiger charge is 2.19. The van der Waals surface area contributed by atoms with Gasteiger partial charge in [0.15, 0.2) is 6.10 Å². The lowest BCUT2D eigenvalue weighted by atomic mass is 10.0. The van der Waals surface area contributed by atoms with Crippen molar-refractivity contribution in [2.24, 2.45) is 0 Å². The van der Waals surface area contributed by atoms with Crippen LogP contribution in [0.15, 0.2) is 60.8 Å². The Morgan fingerprint density at radius 1 is 0.273 bits per heavy atom. The van der Waals surface area contributed by atoms with E-state index in [1.807, 2.05) is 0 Å². The summed E-state index contributed by atoms with van der Waals surface area (Å²) < 4.78 is 16.9. The number of carbonyl (C=O) groups is 3. The van der Waals surface area contributed by atoms with Gasteiger partial charge < -0.3 is 14.2 Å². The number of carbonyl (C=O) groups excluding carboxylic acids is 3. The van der Waals surface area contributed by atoms with E-state index >= 15 is 0 Å². The summed E-state index contributed by atoms with van der Waals surface area (Å²) in [6.45, 7) is 6.55. The van der Waals surface area contributed by atoms with Crippen LogP contribution < -0.4 is 0 Å². The minimum atomic E-state index is -0.774. The summed E-state index contributed by atoms with van der Waals surface area (Å²) in [5, 5.41) is 0. The standard InChI is InChI=1S/C71H128O6/c1-4-7-10-13-16-19-22-24-26-27-28-29-30-31-32-33-34-35-36-37-38-39-40-41-42-43-45-46-49-52-55-58-61-64-70(73)76-67-68(66-75-69(72)63-60-57-54-51-48-21-18-15-12-9-6-3)77-71(74)65-62-59-56-53-50-47-44-25-23-20-17-14-11-8-5-2/h7,10,16,19,24-26,28-29,44,68H,4-6,8-9,11-15,17-18,20-23,27,30-43,45-67H2,1-3H3/b10-7-,19-16-,26-24-,29-28-,44-25-. The van der Waals surface area contributed by atoms with E-state index in [1.165, 1.54) is 225 Å². The number of esters is 3. The normalized spacial score (nSPS) is 12.4. The minimum Gasteiger partial charge on any atom is -0.462 e. The Bertz CT molecular complexity index is 1380. The van der Waals surface area contributed by atoms with Gasteiger partial charge in [0.25, 0.3) is 0 Å². The van der Waals surface area contributed by atoms with Crippen LogP contribution in [0, 0.1) is 0 Å². The molecule has 0 saturated heterocycles. The molecule has 0 aliphatic heterocycles. The summed E-state index contributed by atoms with van der Waals surface area (Å²) in [4.78, 5) is 38.2. The molecular weight excluding hydrogens is 949 g/mol. The fourth-order valence-electron chi connectivity index (χ4n) is 9.96. The molecule has 77 heavy (non-hydrogen) atoms. The third kappa shape index (κ3) is 63.8. The van der Waals surface area contributed by atoms with Crippen molar-refractivity contribution in [1.29, 1.82) is 0 Å². The van der Waals surface area contributed by atoms with Gasteiger partial charge in [-0.15, -0.1) is 0 Å². The Kier molecular flexibility index (Phi) is 63.2. The summed E-state index contributed by atoms with van der Waals surface area (Å²) >= 11 is 0. The molecule has 0 saturated carbocycles. The predicted octanol–water partition coefficient (Wildman–Crippen LogP) is 23.1. The van der Waals surface area contributed by atoms with Crippen molar-refractivity contribution in [3.05, 3.63) is 60.8 Å². The average Bonchev–Trinajstić information content (AvgIpc) is 3.43. The quantitative estimate of drug-likeness (QED) is 0.0261. The Morgan fingerprint density at radius 3 is 0.805 bits per heavy atom. The smallest absolute Gasteiger partial charge is 0.306 e. The first kappa shape index (κ1) is 74.1. The first-order valence-corrected chi connectivity index (χ1v) is 33.8. The van der Waals surface area contributed by atoms with E-state index in [0.29, 0.717) is 19.3 Å². The largest absolute Gasteiger partial charge is 0.462 e. The first-order valence-electron chi connectivity index (χ1n) is 33.8. The van der Waals surface area contributed by atoms with Crippen molar-refractivity contribution in [3.8, 4) is 0 Å². The second kappa shape index (κ2) is 65.6. The van der Waals surface area contributed by atoms with E-state index in [2.05, 4.69) is 81.5 Å². The lowest BCUT2D eigenvalue weighted by Crippen LogP contribution is -2.30. The van der Waals surface area contributed by atoms with Crippen LogP contribution in [-0.2, 0) is 28.6 Å². The van der Waals surface area contributed by atoms with Crippen LogP contribution in [0.2, 0.25) is 0 Å². The molecule has 0 radical (unpaired) electrons.